The Bertz CT molecular complexity index is 632. The van der Waals surface area contributed by atoms with Crippen LogP contribution in [0, 0.1) is 46.3 Å². The first-order valence-corrected chi connectivity index (χ1v) is 13.1. The normalized spacial score (nSPS) is 45.7. The van der Waals surface area contributed by atoms with Gasteiger partial charge in [0.15, 0.2) is 0 Å². The average molecular weight is 401 g/mol. The van der Waals surface area contributed by atoms with Crippen molar-refractivity contribution in [3.8, 4) is 0 Å². The Morgan fingerprint density at radius 2 is 1.72 bits per heavy atom. The minimum Gasteiger partial charge on any atom is -0.393 e. The van der Waals surface area contributed by atoms with Crippen LogP contribution in [0.3, 0.4) is 0 Å². The minimum atomic E-state index is -0.0568. The van der Waals surface area contributed by atoms with Gasteiger partial charge >= 0.3 is 0 Å². The van der Waals surface area contributed by atoms with Crippen LogP contribution in [0.4, 0.5) is 0 Å². The molecular formula is C28H48O. The van der Waals surface area contributed by atoms with Crippen LogP contribution in [0.25, 0.3) is 0 Å². The van der Waals surface area contributed by atoms with Gasteiger partial charge in [-0.1, -0.05) is 72.0 Å². The highest BCUT2D eigenvalue weighted by molar-refractivity contribution is 5.35. The van der Waals surface area contributed by atoms with Crippen LogP contribution < -0.4 is 0 Å². The third-order valence-electron chi connectivity index (χ3n) is 10.7. The van der Waals surface area contributed by atoms with E-state index in [1.54, 1.807) is 0 Å². The zero-order valence-corrected chi connectivity index (χ0v) is 20.3. The minimum absolute atomic E-state index is 0.0568. The number of hydrogen-bond donors (Lipinski definition) is 1. The topological polar surface area (TPSA) is 20.2 Å². The van der Waals surface area contributed by atoms with Crippen molar-refractivity contribution >= 4 is 0 Å². The highest BCUT2D eigenvalue weighted by Crippen LogP contribution is 2.66. The number of aliphatic hydroxyl groups is 1. The molecule has 0 amide bonds. The van der Waals surface area contributed by atoms with Crippen LogP contribution in [0.2, 0.25) is 0 Å². The van der Waals surface area contributed by atoms with Gasteiger partial charge in [-0.2, -0.15) is 0 Å². The van der Waals surface area contributed by atoms with E-state index in [0.29, 0.717) is 16.7 Å². The second kappa shape index (κ2) is 7.99. The van der Waals surface area contributed by atoms with E-state index in [0.717, 1.165) is 36.0 Å². The maximum atomic E-state index is 10.5. The summed E-state index contributed by atoms with van der Waals surface area (Å²) < 4.78 is 0. The largest absolute Gasteiger partial charge is 0.393 e. The van der Waals surface area contributed by atoms with Gasteiger partial charge in [-0.25, -0.2) is 0 Å². The molecule has 0 bridgehead atoms. The number of fused-ring (bicyclic) bond motifs is 4. The van der Waals surface area contributed by atoms with Crippen molar-refractivity contribution in [3.05, 3.63) is 11.1 Å². The molecule has 0 radical (unpaired) electrons. The summed E-state index contributed by atoms with van der Waals surface area (Å²) >= 11 is 0. The Hall–Kier alpha value is -0.300. The van der Waals surface area contributed by atoms with Crippen LogP contribution in [-0.2, 0) is 0 Å². The molecule has 0 aromatic heterocycles. The molecule has 3 saturated carbocycles. The van der Waals surface area contributed by atoms with Gasteiger partial charge < -0.3 is 5.11 Å². The van der Waals surface area contributed by atoms with Crippen molar-refractivity contribution in [2.24, 2.45) is 46.3 Å². The zero-order valence-electron chi connectivity index (χ0n) is 20.3. The quantitative estimate of drug-likeness (QED) is 0.467. The lowest BCUT2D eigenvalue weighted by Crippen LogP contribution is -2.51. The summed E-state index contributed by atoms with van der Waals surface area (Å²) in [4.78, 5) is 0. The monoisotopic (exact) mass is 400 g/mol. The lowest BCUT2D eigenvalue weighted by molar-refractivity contribution is -0.0779. The average Bonchev–Trinajstić information content (AvgIpc) is 3.02. The maximum absolute atomic E-state index is 10.5. The Morgan fingerprint density at radius 3 is 2.45 bits per heavy atom. The van der Waals surface area contributed by atoms with Crippen LogP contribution in [-0.4, -0.2) is 11.2 Å². The van der Waals surface area contributed by atoms with Crippen LogP contribution in [0.1, 0.15) is 112 Å². The first-order valence-electron chi connectivity index (χ1n) is 13.1. The molecule has 0 spiro atoms. The number of hydrogen-bond acceptors (Lipinski definition) is 1. The molecule has 0 unspecified atom stereocenters. The lowest BCUT2D eigenvalue weighted by Gasteiger charge is -2.58. The summed E-state index contributed by atoms with van der Waals surface area (Å²) in [6.07, 6.45) is 14.8. The highest BCUT2D eigenvalue weighted by atomic mass is 16.3. The van der Waals surface area contributed by atoms with Gasteiger partial charge in [0.2, 0.25) is 0 Å². The summed E-state index contributed by atoms with van der Waals surface area (Å²) in [6, 6.07) is 0. The van der Waals surface area contributed by atoms with Crippen molar-refractivity contribution in [1.29, 1.82) is 0 Å². The fourth-order valence-electron chi connectivity index (χ4n) is 8.95. The third kappa shape index (κ3) is 3.56. The van der Waals surface area contributed by atoms with Crippen molar-refractivity contribution in [3.63, 3.8) is 0 Å². The van der Waals surface area contributed by atoms with Crippen molar-refractivity contribution in [2.45, 2.75) is 118 Å². The van der Waals surface area contributed by atoms with Gasteiger partial charge in [0.25, 0.3) is 0 Å². The van der Waals surface area contributed by atoms with E-state index in [1.165, 1.54) is 64.2 Å². The summed E-state index contributed by atoms with van der Waals surface area (Å²) in [7, 11) is 0. The summed E-state index contributed by atoms with van der Waals surface area (Å²) in [5.41, 5.74) is 4.78. The second-order valence-electron chi connectivity index (χ2n) is 12.6. The van der Waals surface area contributed by atoms with Gasteiger partial charge in [-0.05, 0) is 97.7 Å². The van der Waals surface area contributed by atoms with E-state index < -0.39 is 0 Å². The van der Waals surface area contributed by atoms with E-state index in [4.69, 9.17) is 0 Å². The van der Waals surface area contributed by atoms with E-state index in [1.807, 2.05) is 11.1 Å². The van der Waals surface area contributed by atoms with E-state index in [2.05, 4.69) is 41.5 Å². The van der Waals surface area contributed by atoms with E-state index >= 15 is 0 Å². The smallest absolute Gasteiger partial charge is 0.0568 e. The van der Waals surface area contributed by atoms with Gasteiger partial charge in [-0.15, -0.1) is 0 Å². The van der Waals surface area contributed by atoms with Gasteiger partial charge in [0, 0.05) is 0 Å². The third-order valence-corrected chi connectivity index (χ3v) is 10.7. The molecule has 4 aliphatic carbocycles. The summed E-state index contributed by atoms with van der Waals surface area (Å²) in [5, 5.41) is 10.5. The Labute approximate surface area is 181 Å². The molecule has 0 aliphatic heterocycles. The molecule has 29 heavy (non-hydrogen) atoms. The van der Waals surface area contributed by atoms with Crippen molar-refractivity contribution < 1.29 is 5.11 Å². The molecule has 1 heteroatoms. The van der Waals surface area contributed by atoms with Crippen molar-refractivity contribution in [2.75, 3.05) is 0 Å². The SMILES string of the molecule is CC(C)CCC[C@@H](C)[C@H]1CCC2=C3CC[C@H]4[C@@H](C)[C@@H](O)CC[C@]4(C)[C@@H]3CC[C@@]21C. The first kappa shape index (κ1) is 21.9. The Kier molecular flexibility index (Phi) is 6.04. The predicted octanol–water partition coefficient (Wildman–Crippen LogP) is 7.78. The molecule has 1 nitrogen and oxygen atoms in total. The molecule has 0 aromatic rings. The molecule has 0 saturated heterocycles. The van der Waals surface area contributed by atoms with Crippen LogP contribution in [0.15, 0.2) is 11.1 Å². The fraction of sp³-hybridized carbons (Fsp3) is 0.929. The van der Waals surface area contributed by atoms with E-state index in [-0.39, 0.29) is 6.10 Å². The lowest BCUT2D eigenvalue weighted by atomic mass is 9.47. The summed E-state index contributed by atoms with van der Waals surface area (Å²) in [6.45, 7) is 14.9. The number of allylic oxidation sites excluding steroid dienone is 2. The van der Waals surface area contributed by atoms with Crippen molar-refractivity contribution in [1.82, 2.24) is 0 Å². The van der Waals surface area contributed by atoms with Crippen LogP contribution >= 0.6 is 0 Å². The Morgan fingerprint density at radius 1 is 0.966 bits per heavy atom. The zero-order chi connectivity index (χ0) is 21.0. The maximum Gasteiger partial charge on any atom is 0.0568 e. The van der Waals surface area contributed by atoms with Gasteiger partial charge in [0.05, 0.1) is 6.10 Å². The van der Waals surface area contributed by atoms with Gasteiger partial charge in [0.1, 0.15) is 0 Å². The summed E-state index contributed by atoms with van der Waals surface area (Å²) in [5.74, 6) is 4.68. The molecule has 1 N–H and O–H groups in total. The molecule has 166 valence electrons. The molecule has 3 fully saturated rings. The molecule has 0 aromatic carbocycles. The predicted molar refractivity (Wildman–Crippen MR) is 124 cm³/mol. The molecule has 4 aliphatic rings. The fourth-order valence-corrected chi connectivity index (χ4v) is 8.95. The molecule has 0 heterocycles. The first-order chi connectivity index (χ1) is 13.7. The highest BCUT2D eigenvalue weighted by Gasteiger charge is 2.56. The van der Waals surface area contributed by atoms with Gasteiger partial charge in [-0.3, -0.25) is 0 Å². The van der Waals surface area contributed by atoms with E-state index in [9.17, 15) is 5.11 Å². The number of aliphatic hydroxyl groups excluding tert-OH is 1. The second-order valence-corrected chi connectivity index (χ2v) is 12.6. The molecule has 8 atom stereocenters. The molecule has 4 rings (SSSR count). The Balaban J connectivity index is 1.55. The standard InChI is InChI=1S/C28H48O/c1-18(2)8-7-9-19(3)22-12-13-24-21-10-11-23-20(4)26(29)15-17-28(23,6)25(21)14-16-27(22,24)5/h18-20,22-23,25-26,29H,7-17H2,1-6H3/t19-,20-,22-,23+,25-,26+,27-,28+/m1/s1. The number of rotatable bonds is 5. The molecular weight excluding hydrogens is 352 g/mol. The van der Waals surface area contributed by atoms with Crippen LogP contribution in [0.5, 0.6) is 0 Å².